The normalized spacial score (nSPS) is 12.9. The van der Waals surface area contributed by atoms with Crippen molar-refractivity contribution in [2.75, 3.05) is 12.4 Å². The van der Waals surface area contributed by atoms with E-state index in [0.717, 1.165) is 12.1 Å². The van der Waals surface area contributed by atoms with E-state index < -0.39 is 34.5 Å². The number of ether oxygens (including phenoxy) is 1. The maximum Gasteiger partial charge on any atom is 0.271 e. The molecule has 9 heteroatoms. The number of nitro benzene ring substituents is 1. The lowest BCUT2D eigenvalue weighted by atomic mass is 10.1. The monoisotopic (exact) mass is 379 g/mol. The zero-order chi connectivity index (χ0) is 20.1. The van der Waals surface area contributed by atoms with Gasteiger partial charge in [-0.3, -0.25) is 20.2 Å². The molecule has 2 N–H and O–H groups in total. The molecule has 0 aliphatic rings. The molecule has 2 rings (SSSR count). The largest absolute Gasteiger partial charge is 0.495 e. The lowest BCUT2D eigenvalue weighted by Gasteiger charge is -2.21. The third-order valence-corrected chi connectivity index (χ3v) is 3.97. The Morgan fingerprint density at radius 1 is 1.19 bits per heavy atom. The van der Waals surface area contributed by atoms with E-state index in [4.69, 9.17) is 4.74 Å². The number of nitrogens with zero attached hydrogens (tertiary/aromatic N) is 1. The Bertz CT molecular complexity index is 860. The number of benzene rings is 2. The van der Waals surface area contributed by atoms with E-state index in [1.54, 1.807) is 13.8 Å². The number of nitro groups is 1. The smallest absolute Gasteiger partial charge is 0.271 e. The Kier molecular flexibility index (Phi) is 6.40. The van der Waals surface area contributed by atoms with E-state index in [1.807, 2.05) is 0 Å². The van der Waals surface area contributed by atoms with Gasteiger partial charge in [-0.05, 0) is 26.0 Å². The SMILES string of the molecule is COc1ccc([N+](=O)[O-])cc1NC(=O)[C@H](C)N[C@H](C)c1ccc(F)cc1F. The van der Waals surface area contributed by atoms with E-state index in [1.165, 1.54) is 31.4 Å². The molecule has 0 unspecified atom stereocenters. The number of methoxy groups -OCH3 is 1. The summed E-state index contributed by atoms with van der Waals surface area (Å²) in [7, 11) is 1.37. The summed E-state index contributed by atoms with van der Waals surface area (Å²) in [6.45, 7) is 3.19. The van der Waals surface area contributed by atoms with Crippen LogP contribution in [0.3, 0.4) is 0 Å². The van der Waals surface area contributed by atoms with Crippen molar-refractivity contribution in [3.8, 4) is 5.75 Å². The van der Waals surface area contributed by atoms with Gasteiger partial charge in [-0.15, -0.1) is 0 Å². The molecule has 0 heterocycles. The lowest BCUT2D eigenvalue weighted by Crippen LogP contribution is -2.39. The van der Waals surface area contributed by atoms with E-state index in [-0.39, 0.29) is 22.7 Å². The van der Waals surface area contributed by atoms with Crippen LogP contribution in [0.4, 0.5) is 20.2 Å². The summed E-state index contributed by atoms with van der Waals surface area (Å²) in [5, 5.41) is 16.4. The molecule has 0 aliphatic heterocycles. The highest BCUT2D eigenvalue weighted by atomic mass is 19.1. The highest BCUT2D eigenvalue weighted by Gasteiger charge is 2.21. The maximum absolute atomic E-state index is 13.9. The minimum atomic E-state index is -0.770. The summed E-state index contributed by atoms with van der Waals surface area (Å²) in [6, 6.07) is 5.69. The molecule has 2 aromatic rings. The molecule has 7 nitrogen and oxygen atoms in total. The Balaban J connectivity index is 2.11. The molecule has 27 heavy (non-hydrogen) atoms. The van der Waals surface area contributed by atoms with Crippen molar-refractivity contribution >= 4 is 17.3 Å². The second-order valence-electron chi connectivity index (χ2n) is 5.91. The van der Waals surface area contributed by atoms with Crippen molar-refractivity contribution < 1.29 is 23.2 Å². The number of anilines is 1. The molecule has 1 amide bonds. The molecule has 0 aliphatic carbocycles. The number of amides is 1. The zero-order valence-corrected chi connectivity index (χ0v) is 15.0. The van der Waals surface area contributed by atoms with Crippen LogP contribution in [0, 0.1) is 21.7 Å². The standard InChI is InChI=1S/C18H19F2N3O4/c1-10(14-6-4-12(19)8-15(14)20)21-11(2)18(24)22-16-9-13(23(25)26)5-7-17(16)27-3/h4-11,21H,1-3H3,(H,22,24)/t10-,11+/m1/s1. The molecule has 0 spiro atoms. The third kappa shape index (κ3) is 4.98. The second kappa shape index (κ2) is 8.54. The summed E-state index contributed by atoms with van der Waals surface area (Å²) < 4.78 is 32.0. The van der Waals surface area contributed by atoms with Crippen LogP contribution in [-0.4, -0.2) is 24.0 Å². The molecule has 0 radical (unpaired) electrons. The summed E-state index contributed by atoms with van der Waals surface area (Å²) in [5.74, 6) is -1.64. The van der Waals surface area contributed by atoms with Gasteiger partial charge in [0.15, 0.2) is 0 Å². The van der Waals surface area contributed by atoms with Gasteiger partial charge in [0.1, 0.15) is 17.4 Å². The Morgan fingerprint density at radius 3 is 2.48 bits per heavy atom. The average Bonchev–Trinajstić information content (AvgIpc) is 2.61. The summed E-state index contributed by atoms with van der Waals surface area (Å²) in [6.07, 6.45) is 0. The number of hydrogen-bond acceptors (Lipinski definition) is 5. The van der Waals surface area contributed by atoms with Gasteiger partial charge in [0.25, 0.3) is 5.69 Å². The van der Waals surface area contributed by atoms with E-state index >= 15 is 0 Å². The van der Waals surface area contributed by atoms with Crippen LogP contribution in [0.15, 0.2) is 36.4 Å². The van der Waals surface area contributed by atoms with Crippen molar-refractivity contribution in [3.63, 3.8) is 0 Å². The first-order chi connectivity index (χ1) is 12.7. The van der Waals surface area contributed by atoms with E-state index in [9.17, 15) is 23.7 Å². The number of non-ortho nitro benzene ring substituents is 1. The van der Waals surface area contributed by atoms with Gasteiger partial charge in [-0.25, -0.2) is 8.78 Å². The zero-order valence-electron chi connectivity index (χ0n) is 15.0. The van der Waals surface area contributed by atoms with Crippen molar-refractivity contribution in [2.45, 2.75) is 25.9 Å². The predicted molar refractivity (Wildman–Crippen MR) is 95.6 cm³/mol. The van der Waals surface area contributed by atoms with Crippen LogP contribution in [0.5, 0.6) is 5.75 Å². The summed E-state index contributed by atoms with van der Waals surface area (Å²) in [5.41, 5.74) is 0.156. The van der Waals surface area contributed by atoms with Gasteiger partial charge >= 0.3 is 0 Å². The molecule has 0 saturated carbocycles. The maximum atomic E-state index is 13.9. The lowest BCUT2D eigenvalue weighted by molar-refractivity contribution is -0.384. The van der Waals surface area contributed by atoms with Crippen LogP contribution >= 0.6 is 0 Å². The first-order valence-electron chi connectivity index (χ1n) is 8.07. The fourth-order valence-corrected chi connectivity index (χ4v) is 2.54. The van der Waals surface area contributed by atoms with E-state index in [2.05, 4.69) is 10.6 Å². The topological polar surface area (TPSA) is 93.5 Å². The van der Waals surface area contributed by atoms with Crippen molar-refractivity contribution in [1.82, 2.24) is 5.32 Å². The molecular formula is C18H19F2N3O4. The number of hydrogen-bond donors (Lipinski definition) is 2. The number of nitrogens with one attached hydrogen (secondary N) is 2. The minimum absolute atomic E-state index is 0.144. The third-order valence-electron chi connectivity index (χ3n) is 3.97. The van der Waals surface area contributed by atoms with Gasteiger partial charge in [0.2, 0.25) is 5.91 Å². The minimum Gasteiger partial charge on any atom is -0.495 e. The fraction of sp³-hybridized carbons (Fsp3) is 0.278. The molecule has 0 fully saturated rings. The van der Waals surface area contributed by atoms with Crippen LogP contribution in [0.2, 0.25) is 0 Å². The van der Waals surface area contributed by atoms with Gasteiger partial charge in [-0.1, -0.05) is 6.07 Å². The molecule has 2 aromatic carbocycles. The molecule has 2 atom stereocenters. The first-order valence-corrected chi connectivity index (χ1v) is 8.07. The molecular weight excluding hydrogens is 360 g/mol. The van der Waals surface area contributed by atoms with Crippen LogP contribution in [0.25, 0.3) is 0 Å². The van der Waals surface area contributed by atoms with Gasteiger partial charge in [-0.2, -0.15) is 0 Å². The van der Waals surface area contributed by atoms with Crippen molar-refractivity contribution in [3.05, 3.63) is 63.7 Å². The number of rotatable bonds is 7. The first kappa shape index (κ1) is 20.2. The number of halogens is 2. The molecule has 0 aromatic heterocycles. The summed E-state index contributed by atoms with van der Waals surface area (Å²) >= 11 is 0. The van der Waals surface area contributed by atoms with Gasteiger partial charge in [0, 0.05) is 29.8 Å². The van der Waals surface area contributed by atoms with Crippen LogP contribution in [-0.2, 0) is 4.79 Å². The van der Waals surface area contributed by atoms with Gasteiger partial charge in [0.05, 0.1) is 23.8 Å². The average molecular weight is 379 g/mol. The Morgan fingerprint density at radius 2 is 1.89 bits per heavy atom. The summed E-state index contributed by atoms with van der Waals surface area (Å²) in [4.78, 5) is 22.7. The van der Waals surface area contributed by atoms with E-state index in [0.29, 0.717) is 0 Å². The fourth-order valence-electron chi connectivity index (χ4n) is 2.54. The van der Waals surface area contributed by atoms with Crippen molar-refractivity contribution in [1.29, 1.82) is 0 Å². The van der Waals surface area contributed by atoms with Crippen LogP contribution < -0.4 is 15.4 Å². The predicted octanol–water partition coefficient (Wildman–Crippen LogP) is 3.56. The molecule has 0 bridgehead atoms. The molecule has 0 saturated heterocycles. The second-order valence-corrected chi connectivity index (χ2v) is 5.91. The van der Waals surface area contributed by atoms with Crippen LogP contribution in [0.1, 0.15) is 25.5 Å². The van der Waals surface area contributed by atoms with Gasteiger partial charge < -0.3 is 10.1 Å². The highest BCUT2D eigenvalue weighted by Crippen LogP contribution is 2.29. The molecule has 144 valence electrons. The Labute approximate surface area is 154 Å². The van der Waals surface area contributed by atoms with Crippen molar-refractivity contribution in [2.24, 2.45) is 0 Å². The highest BCUT2D eigenvalue weighted by molar-refractivity contribution is 5.96. The number of carbonyl (C=O) groups excluding carboxylic acids is 1. The quantitative estimate of drug-likeness (QED) is 0.567. The Hall–Kier alpha value is -3.07. The number of carbonyl (C=O) groups is 1.